The maximum Gasteiger partial charge on any atom is 2.00 e. The van der Waals surface area contributed by atoms with Gasteiger partial charge in [-0.1, -0.05) is 36.8 Å². The summed E-state index contributed by atoms with van der Waals surface area (Å²) in [6, 6.07) is 9.31. The Kier molecular flexibility index (Phi) is 30.0. The Morgan fingerprint density at radius 3 is 2.04 bits per heavy atom. The molecule has 0 spiro atoms. The van der Waals surface area contributed by atoms with Crippen molar-refractivity contribution in [3.05, 3.63) is 55.8 Å². The number of aliphatic hydroxyl groups is 1. The molecule has 0 saturated heterocycles. The molecule has 0 aliphatic heterocycles. The molecule has 1 aromatic rings. The number of hydrogen-bond donors (Lipinski definition) is 1. The Labute approximate surface area is 157 Å². The molecule has 0 heterocycles. The monoisotopic (exact) mass is 389 g/mol. The molecule has 0 aromatic heterocycles. The number of ketones is 1. The predicted octanol–water partition coefficient (Wildman–Crippen LogP) is 1.82. The van der Waals surface area contributed by atoms with Crippen LogP contribution >= 0.6 is 0 Å². The second-order valence-corrected chi connectivity index (χ2v) is 4.14. The molecule has 0 fully saturated rings. The maximum absolute atomic E-state index is 11.3. The number of carbonyl (C=O) groups excluding carboxylic acids is 2. The van der Waals surface area contributed by atoms with E-state index in [0.717, 1.165) is 5.56 Å². The minimum Gasteiger partial charge on any atom is 2.00 e. The van der Waals surface area contributed by atoms with E-state index in [1.807, 2.05) is 30.3 Å². The summed E-state index contributed by atoms with van der Waals surface area (Å²) in [5.74, 6) is -0.197. The molecular formula is C17H17FeO7+. The molecule has 1 N–H and O–H groups in total. The van der Waals surface area contributed by atoms with Crippen molar-refractivity contribution >= 4 is 12.3 Å². The summed E-state index contributed by atoms with van der Waals surface area (Å²) in [7, 11) is 0. The molecule has 0 amide bonds. The number of hydrogen-bond acceptors (Lipinski definition) is 4. The molecule has 7 nitrogen and oxygen atoms in total. The Hall–Kier alpha value is -1.94. The zero-order valence-electron chi connectivity index (χ0n) is 13.4. The quantitative estimate of drug-likeness (QED) is 0.414. The molecule has 0 unspecified atom stereocenters. The van der Waals surface area contributed by atoms with Gasteiger partial charge in [0.1, 0.15) is 6.10 Å². The van der Waals surface area contributed by atoms with Gasteiger partial charge in [0.2, 0.25) is 0 Å². The Bertz CT molecular complexity index is 480. The van der Waals surface area contributed by atoms with E-state index >= 15 is 0 Å². The van der Waals surface area contributed by atoms with Crippen LogP contribution in [-0.2, 0) is 45.4 Å². The van der Waals surface area contributed by atoms with Crippen LogP contribution in [0.5, 0.6) is 0 Å². The number of aliphatic hydroxyl groups excluding tert-OH is 1. The van der Waals surface area contributed by atoms with Crippen molar-refractivity contribution in [2.45, 2.75) is 38.4 Å². The SMILES string of the molecule is C[C@@H](O)C(=O)CCC[C@H](O[C-]=O)c1ccccc1.[C-]#[O+].[C-]#[O+].[C-]#[O+].[Fe+2]. The molecule has 25 heavy (non-hydrogen) atoms. The minimum absolute atomic E-state index is 0. The molecule has 134 valence electrons. The van der Waals surface area contributed by atoms with Crippen LogP contribution in [0.4, 0.5) is 0 Å². The molecule has 0 aliphatic carbocycles. The van der Waals surface area contributed by atoms with E-state index in [9.17, 15) is 9.59 Å². The van der Waals surface area contributed by atoms with Gasteiger partial charge in [0.05, 0.1) is 6.10 Å². The normalized spacial score (nSPS) is 10.1. The third kappa shape index (κ3) is 16.7. The average molecular weight is 389 g/mol. The molecular weight excluding hydrogens is 372 g/mol. The van der Waals surface area contributed by atoms with E-state index in [0.29, 0.717) is 12.8 Å². The summed E-state index contributed by atoms with van der Waals surface area (Å²) in [5.41, 5.74) is 0.880. The maximum atomic E-state index is 11.3. The summed E-state index contributed by atoms with van der Waals surface area (Å²) in [4.78, 5) is 21.6. The second kappa shape index (κ2) is 24.3. The molecule has 0 bridgehead atoms. The Morgan fingerprint density at radius 2 is 1.64 bits per heavy atom. The molecule has 0 radical (unpaired) electrons. The van der Waals surface area contributed by atoms with Gasteiger partial charge in [-0.15, -0.1) is 0 Å². The summed E-state index contributed by atoms with van der Waals surface area (Å²) < 4.78 is 27.4. The van der Waals surface area contributed by atoms with E-state index in [2.05, 4.69) is 20.0 Å². The van der Waals surface area contributed by atoms with E-state index in [4.69, 9.17) is 23.8 Å². The number of benzene rings is 1. The van der Waals surface area contributed by atoms with E-state index in [1.165, 1.54) is 13.4 Å². The van der Waals surface area contributed by atoms with E-state index < -0.39 is 6.10 Å². The van der Waals surface area contributed by atoms with Crippen molar-refractivity contribution in [3.8, 4) is 0 Å². The molecule has 0 aliphatic rings. The fourth-order valence-electron chi connectivity index (χ4n) is 1.69. The molecule has 8 heteroatoms. The van der Waals surface area contributed by atoms with Crippen molar-refractivity contribution in [2.75, 3.05) is 0 Å². The van der Waals surface area contributed by atoms with E-state index in [1.54, 1.807) is 0 Å². The summed E-state index contributed by atoms with van der Waals surface area (Å²) in [6.45, 7) is 16.4. The zero-order chi connectivity index (χ0) is 19.4. The van der Waals surface area contributed by atoms with Gasteiger partial charge in [0.25, 0.3) is 0 Å². The molecule has 1 aromatic carbocycles. The summed E-state index contributed by atoms with van der Waals surface area (Å²) in [5, 5.41) is 9.06. The van der Waals surface area contributed by atoms with E-state index in [-0.39, 0.29) is 35.4 Å². The van der Waals surface area contributed by atoms with Crippen molar-refractivity contribution in [1.82, 2.24) is 0 Å². The first-order valence-electron chi connectivity index (χ1n) is 6.55. The van der Waals surface area contributed by atoms with Gasteiger partial charge < -0.3 is 14.6 Å². The molecule has 0 saturated carbocycles. The predicted molar refractivity (Wildman–Crippen MR) is 78.3 cm³/mol. The van der Waals surface area contributed by atoms with Crippen molar-refractivity contribution < 1.29 is 50.5 Å². The Balaban J connectivity index is -0.000000284. The second-order valence-electron chi connectivity index (χ2n) is 4.14. The standard InChI is InChI=1S/C14H17O4.3CO.Fe/c1-11(16)13(17)8-5-9-14(18-10-15)12-6-3-2-4-7-12;3*1-2;/h2-4,6-7,11,14,16H,5,8-9H2,1H3;;;;/q-1;;;;+2/t11-,14+;;;;/m1..../s1. The van der Waals surface area contributed by atoms with Gasteiger partial charge in [-0.2, -0.15) is 0 Å². The van der Waals surface area contributed by atoms with Gasteiger partial charge in [-0.25, -0.2) is 0 Å². The van der Waals surface area contributed by atoms with Crippen LogP contribution in [0.25, 0.3) is 0 Å². The fraction of sp³-hybridized carbons (Fsp3) is 0.353. The van der Waals surface area contributed by atoms with Gasteiger partial charge in [-0.05, 0) is 25.3 Å². The third-order valence-electron chi connectivity index (χ3n) is 2.72. The van der Waals surface area contributed by atoms with Crippen molar-refractivity contribution in [3.63, 3.8) is 0 Å². The topological polar surface area (TPSA) is 123 Å². The van der Waals surface area contributed by atoms with Crippen LogP contribution < -0.4 is 0 Å². The smallest absolute Gasteiger partial charge is 2.00 e. The largest absolute Gasteiger partial charge is 2.00 e. The van der Waals surface area contributed by atoms with Crippen LogP contribution in [0.1, 0.15) is 37.9 Å². The Morgan fingerprint density at radius 1 is 1.16 bits per heavy atom. The number of rotatable bonds is 8. The van der Waals surface area contributed by atoms with Gasteiger partial charge in [0, 0.05) is 6.42 Å². The minimum atomic E-state index is -0.932. The molecule has 2 atom stereocenters. The third-order valence-corrected chi connectivity index (χ3v) is 2.72. The average Bonchev–Trinajstić information content (AvgIpc) is 2.66. The van der Waals surface area contributed by atoms with Gasteiger partial charge in [0.15, 0.2) is 5.78 Å². The van der Waals surface area contributed by atoms with Gasteiger partial charge in [-0.3, -0.25) is 4.79 Å². The summed E-state index contributed by atoms with van der Waals surface area (Å²) >= 11 is 0. The van der Waals surface area contributed by atoms with Crippen molar-refractivity contribution in [2.24, 2.45) is 0 Å². The number of carbonyl (C=O) groups is 1. The van der Waals surface area contributed by atoms with Crippen molar-refractivity contribution in [1.29, 1.82) is 0 Å². The number of Topliss-reactive ketones (excluding diaryl/α,β-unsaturated/α-hetero) is 1. The zero-order valence-corrected chi connectivity index (χ0v) is 14.5. The van der Waals surface area contributed by atoms with Crippen LogP contribution in [-0.4, -0.2) is 23.5 Å². The van der Waals surface area contributed by atoms with Crippen LogP contribution in [0.2, 0.25) is 0 Å². The van der Waals surface area contributed by atoms with Crippen LogP contribution in [0.15, 0.2) is 30.3 Å². The molecule has 1 rings (SSSR count). The van der Waals surface area contributed by atoms with Crippen LogP contribution in [0.3, 0.4) is 0 Å². The number of ether oxygens (including phenoxy) is 1. The first-order valence-corrected chi connectivity index (χ1v) is 6.55. The first-order chi connectivity index (χ1) is 11.6. The fourth-order valence-corrected chi connectivity index (χ4v) is 1.69. The first kappa shape index (κ1) is 30.9. The van der Waals surface area contributed by atoms with Gasteiger partial charge >= 0.3 is 51.0 Å². The van der Waals surface area contributed by atoms with Crippen LogP contribution in [0, 0.1) is 20.0 Å². The summed E-state index contributed by atoms with van der Waals surface area (Å²) in [6.07, 6.45) is 0.0653.